The summed E-state index contributed by atoms with van der Waals surface area (Å²) < 4.78 is 19.1. The van der Waals surface area contributed by atoms with Gasteiger partial charge in [-0.25, -0.2) is 9.78 Å². The highest BCUT2D eigenvalue weighted by Gasteiger charge is 2.60. The summed E-state index contributed by atoms with van der Waals surface area (Å²) in [5.74, 6) is 1.08. The molecule has 5 rings (SSSR count). The van der Waals surface area contributed by atoms with E-state index in [1.54, 1.807) is 6.07 Å². The van der Waals surface area contributed by atoms with Gasteiger partial charge in [0.2, 0.25) is 0 Å². The van der Waals surface area contributed by atoms with Crippen molar-refractivity contribution in [2.24, 2.45) is 28.6 Å². The highest BCUT2D eigenvalue weighted by Crippen LogP contribution is 2.63. The molecular formula is C28H39NO5. The molecule has 6 nitrogen and oxygen atoms in total. The molecule has 1 saturated heterocycles. The fourth-order valence-electron chi connectivity index (χ4n) is 7.75. The number of aromatic nitrogens is 1. The van der Waals surface area contributed by atoms with E-state index in [0.29, 0.717) is 30.1 Å². The molecule has 4 fully saturated rings. The lowest BCUT2D eigenvalue weighted by Crippen LogP contribution is -2.62. The lowest BCUT2D eigenvalue weighted by atomic mass is 9.46. The first kappa shape index (κ1) is 23.8. The second kappa shape index (κ2) is 9.27. The lowest BCUT2D eigenvalue weighted by Gasteiger charge is -2.63. The molecule has 0 radical (unpaired) electrons. The molecule has 0 amide bonds. The number of pyridine rings is 1. The average Bonchev–Trinajstić information content (AvgIpc) is 3.35. The average molecular weight is 470 g/mol. The van der Waals surface area contributed by atoms with Crippen LogP contribution in [0.4, 0.5) is 0 Å². The summed E-state index contributed by atoms with van der Waals surface area (Å²) >= 11 is 0. The summed E-state index contributed by atoms with van der Waals surface area (Å²) in [4.78, 5) is 15.0. The summed E-state index contributed by atoms with van der Waals surface area (Å²) in [5, 5.41) is 9.03. The first-order chi connectivity index (χ1) is 16.3. The molecule has 6 heteroatoms. The summed E-state index contributed by atoms with van der Waals surface area (Å²) in [5.41, 5.74) is 1.56. The predicted octanol–water partition coefficient (Wildman–Crippen LogP) is 5.87. The summed E-state index contributed by atoms with van der Waals surface area (Å²) in [6, 6.07) is 3.17. The molecule has 34 heavy (non-hydrogen) atoms. The van der Waals surface area contributed by atoms with Crippen LogP contribution >= 0.6 is 0 Å². The molecule has 0 bridgehead atoms. The Morgan fingerprint density at radius 2 is 2.00 bits per heavy atom. The Kier molecular flexibility index (Phi) is 6.49. The largest absolute Gasteiger partial charge is 0.492 e. The number of ether oxygens (including phenoxy) is 3. The number of aromatic carboxylic acids is 1. The van der Waals surface area contributed by atoms with Gasteiger partial charge < -0.3 is 19.3 Å². The molecule has 1 N–H and O–H groups in total. The van der Waals surface area contributed by atoms with Gasteiger partial charge in [-0.15, -0.1) is 0 Å². The van der Waals surface area contributed by atoms with Crippen molar-refractivity contribution in [1.29, 1.82) is 0 Å². The fourth-order valence-corrected chi connectivity index (χ4v) is 7.75. The van der Waals surface area contributed by atoms with Crippen molar-refractivity contribution in [3.8, 4) is 5.75 Å². The van der Waals surface area contributed by atoms with Crippen LogP contribution in [0.2, 0.25) is 0 Å². The van der Waals surface area contributed by atoms with E-state index in [1.807, 2.05) is 0 Å². The Labute approximate surface area is 203 Å². The molecule has 1 aromatic heterocycles. The van der Waals surface area contributed by atoms with Crippen LogP contribution in [-0.4, -0.2) is 41.7 Å². The van der Waals surface area contributed by atoms with Crippen LogP contribution in [0.3, 0.4) is 0 Å². The van der Waals surface area contributed by atoms with Crippen molar-refractivity contribution < 1.29 is 24.1 Å². The van der Waals surface area contributed by atoms with Gasteiger partial charge in [0.05, 0.1) is 25.5 Å². The molecule has 3 aliphatic carbocycles. The van der Waals surface area contributed by atoms with Crippen LogP contribution in [0.5, 0.6) is 5.75 Å². The normalized spacial score (nSPS) is 38.2. The fraction of sp³-hybridized carbons (Fsp3) is 0.714. The second-order valence-electron chi connectivity index (χ2n) is 11.5. The molecule has 2 heterocycles. The predicted molar refractivity (Wildman–Crippen MR) is 129 cm³/mol. The van der Waals surface area contributed by atoms with Crippen molar-refractivity contribution >= 4 is 5.97 Å². The molecule has 0 aromatic carbocycles. The van der Waals surface area contributed by atoms with Gasteiger partial charge in [-0.1, -0.05) is 38.8 Å². The molecule has 0 spiro atoms. The van der Waals surface area contributed by atoms with Gasteiger partial charge in [0.25, 0.3) is 0 Å². The number of carboxylic acid groups (broad SMARTS) is 1. The standard InChI is InChI=1S/C28H39NO5/c1-18-8-11-23-27(2,21(18)13-15-32-20-9-10-22(25(30)31)29-16-20)14-12-24-28(23,3)17-33-26(34-24)19-6-4-5-7-19/h9-10,16,19,21,23-24,26H,1,4-8,11-15,17H2,2-3H3,(H,30,31)/t21-,23?,24-,26-,27+,28+/m1/s1. The minimum absolute atomic E-state index is 0.00573. The zero-order chi connectivity index (χ0) is 23.9. The van der Waals surface area contributed by atoms with Crippen molar-refractivity contribution in [3.05, 3.63) is 36.2 Å². The van der Waals surface area contributed by atoms with E-state index in [9.17, 15) is 4.79 Å². The zero-order valence-electron chi connectivity index (χ0n) is 20.6. The number of fused-ring (bicyclic) bond motifs is 3. The number of nitrogens with zero attached hydrogens (tertiary/aromatic N) is 1. The third-order valence-electron chi connectivity index (χ3n) is 9.59. The van der Waals surface area contributed by atoms with E-state index in [2.05, 4.69) is 25.4 Å². The number of hydrogen-bond acceptors (Lipinski definition) is 5. The minimum atomic E-state index is -1.03. The summed E-state index contributed by atoms with van der Waals surface area (Å²) in [6.45, 7) is 10.7. The SMILES string of the molecule is C=C1CCC2[C@]3(C)CO[C@@H](C4CCCC4)O[C@@H]3CC[C@@]2(C)[C@@H]1CCOc1ccc(C(=O)O)nc1. The van der Waals surface area contributed by atoms with Crippen molar-refractivity contribution in [2.75, 3.05) is 13.2 Å². The first-order valence-corrected chi connectivity index (χ1v) is 13.1. The van der Waals surface area contributed by atoms with Crippen LogP contribution in [0, 0.1) is 28.6 Å². The van der Waals surface area contributed by atoms with Gasteiger partial charge >= 0.3 is 5.97 Å². The van der Waals surface area contributed by atoms with E-state index in [-0.39, 0.29) is 28.9 Å². The Morgan fingerprint density at radius 1 is 1.21 bits per heavy atom. The maximum absolute atomic E-state index is 11.0. The van der Waals surface area contributed by atoms with Crippen LogP contribution < -0.4 is 4.74 Å². The van der Waals surface area contributed by atoms with Crippen LogP contribution in [0.25, 0.3) is 0 Å². The highest BCUT2D eigenvalue weighted by atomic mass is 16.7. The first-order valence-electron chi connectivity index (χ1n) is 13.1. The van der Waals surface area contributed by atoms with E-state index in [0.717, 1.165) is 38.7 Å². The summed E-state index contributed by atoms with van der Waals surface area (Å²) in [7, 11) is 0. The number of allylic oxidation sites excluding steroid dienone is 1. The molecule has 1 unspecified atom stereocenters. The van der Waals surface area contributed by atoms with E-state index in [4.69, 9.17) is 19.3 Å². The molecular weight excluding hydrogens is 430 g/mol. The quantitative estimate of drug-likeness (QED) is 0.525. The van der Waals surface area contributed by atoms with E-state index >= 15 is 0 Å². The molecule has 1 aliphatic heterocycles. The van der Waals surface area contributed by atoms with Gasteiger partial charge in [0.1, 0.15) is 11.4 Å². The monoisotopic (exact) mass is 469 g/mol. The third-order valence-corrected chi connectivity index (χ3v) is 9.59. The smallest absolute Gasteiger partial charge is 0.354 e. The molecule has 1 aromatic rings. The van der Waals surface area contributed by atoms with Crippen LogP contribution in [0.1, 0.15) is 82.1 Å². The number of carboxylic acids is 1. The van der Waals surface area contributed by atoms with Crippen LogP contribution in [-0.2, 0) is 9.47 Å². The summed E-state index contributed by atoms with van der Waals surface area (Å²) in [6.07, 6.45) is 12.2. The number of carbonyl (C=O) groups is 1. The van der Waals surface area contributed by atoms with Crippen molar-refractivity contribution in [3.63, 3.8) is 0 Å². The second-order valence-corrected chi connectivity index (χ2v) is 11.5. The van der Waals surface area contributed by atoms with Gasteiger partial charge in [-0.2, -0.15) is 0 Å². The zero-order valence-corrected chi connectivity index (χ0v) is 20.6. The Hall–Kier alpha value is -1.92. The van der Waals surface area contributed by atoms with Gasteiger partial charge in [-0.3, -0.25) is 0 Å². The Bertz CT molecular complexity index is 910. The molecule has 3 saturated carbocycles. The Balaban J connectivity index is 1.25. The van der Waals surface area contributed by atoms with Gasteiger partial charge in [0.15, 0.2) is 6.29 Å². The molecule has 6 atom stereocenters. The van der Waals surface area contributed by atoms with Gasteiger partial charge in [0, 0.05) is 11.3 Å². The topological polar surface area (TPSA) is 77.9 Å². The third kappa shape index (κ3) is 4.17. The van der Waals surface area contributed by atoms with E-state index in [1.165, 1.54) is 43.5 Å². The Morgan fingerprint density at radius 3 is 2.71 bits per heavy atom. The maximum atomic E-state index is 11.0. The van der Waals surface area contributed by atoms with Crippen molar-refractivity contribution in [1.82, 2.24) is 4.98 Å². The van der Waals surface area contributed by atoms with Crippen LogP contribution in [0.15, 0.2) is 30.5 Å². The maximum Gasteiger partial charge on any atom is 0.354 e. The molecule has 4 aliphatic rings. The van der Waals surface area contributed by atoms with E-state index < -0.39 is 5.97 Å². The van der Waals surface area contributed by atoms with Gasteiger partial charge in [-0.05, 0) is 74.3 Å². The lowest BCUT2D eigenvalue weighted by molar-refractivity contribution is -0.316. The van der Waals surface area contributed by atoms with Crippen molar-refractivity contribution in [2.45, 2.75) is 84.0 Å². The number of rotatable bonds is 6. The minimum Gasteiger partial charge on any atom is -0.492 e. The highest BCUT2D eigenvalue weighted by molar-refractivity contribution is 5.85. The molecule has 186 valence electrons. The number of hydrogen-bond donors (Lipinski definition) is 1.